The maximum atomic E-state index is 4.59. The molecule has 0 radical (unpaired) electrons. The molecule has 138 valence electrons. The fourth-order valence-corrected chi connectivity index (χ4v) is 3.97. The molecule has 0 fully saturated rings. The third-order valence-electron chi connectivity index (χ3n) is 5.35. The zero-order chi connectivity index (χ0) is 18.6. The average Bonchev–Trinajstić information content (AvgIpc) is 3.01. The molecular weight excluding hydrogens is 330 g/mol. The predicted molar refractivity (Wildman–Crippen MR) is 114 cm³/mol. The first-order chi connectivity index (χ1) is 13.3. The molecule has 0 unspecified atom stereocenters. The summed E-state index contributed by atoms with van der Waals surface area (Å²) in [4.78, 5) is 9.19. The molecule has 0 saturated carbocycles. The Balaban J connectivity index is 2.05. The molecule has 0 saturated heterocycles. The van der Waals surface area contributed by atoms with Gasteiger partial charge < -0.3 is 0 Å². The topological polar surface area (TPSA) is 30.7 Å². The Hall–Kier alpha value is -2.68. The number of aryl methyl sites for hydroxylation is 1. The molecule has 0 N–H and O–H groups in total. The van der Waals surface area contributed by atoms with Crippen LogP contribution in [-0.4, -0.2) is 14.5 Å². The van der Waals surface area contributed by atoms with Crippen LogP contribution in [0.3, 0.4) is 0 Å². The highest BCUT2D eigenvalue weighted by molar-refractivity contribution is 6.00. The molecule has 0 aliphatic rings. The molecule has 2 aromatic carbocycles. The largest absolute Gasteiger partial charge is 0.282 e. The lowest BCUT2D eigenvalue weighted by Gasteiger charge is -2.10. The zero-order valence-electron chi connectivity index (χ0n) is 16.3. The quantitative estimate of drug-likeness (QED) is 0.391. The van der Waals surface area contributed by atoms with Crippen LogP contribution in [0.4, 0.5) is 0 Å². The smallest absolute Gasteiger partial charge is 0.234 e. The highest BCUT2D eigenvalue weighted by Gasteiger charge is 2.19. The molecule has 0 bridgehead atoms. The van der Waals surface area contributed by atoms with E-state index in [1.165, 1.54) is 58.6 Å². The second-order valence-corrected chi connectivity index (χ2v) is 7.23. The molecule has 27 heavy (non-hydrogen) atoms. The first-order valence-corrected chi connectivity index (χ1v) is 10.2. The van der Waals surface area contributed by atoms with E-state index in [0.717, 1.165) is 18.8 Å². The minimum Gasteiger partial charge on any atom is -0.282 e. The van der Waals surface area contributed by atoms with Crippen LogP contribution in [0.5, 0.6) is 0 Å². The lowest BCUT2D eigenvalue weighted by Crippen LogP contribution is -2.06. The highest BCUT2D eigenvalue weighted by Crippen LogP contribution is 2.34. The minimum absolute atomic E-state index is 0.784. The summed E-state index contributed by atoms with van der Waals surface area (Å²) < 4.78 is 2.31. The molecule has 3 nitrogen and oxygen atoms in total. The van der Waals surface area contributed by atoms with Crippen molar-refractivity contribution in [3.8, 4) is 5.95 Å². The number of unbranched alkanes of at least 4 members (excludes halogenated alkanes) is 2. The van der Waals surface area contributed by atoms with Crippen molar-refractivity contribution in [2.45, 2.75) is 52.4 Å². The van der Waals surface area contributed by atoms with Gasteiger partial charge in [0.05, 0.1) is 5.52 Å². The Bertz CT molecular complexity index is 1050. The van der Waals surface area contributed by atoms with Gasteiger partial charge in [-0.15, -0.1) is 0 Å². The Morgan fingerprint density at radius 3 is 2.19 bits per heavy atom. The van der Waals surface area contributed by atoms with Crippen molar-refractivity contribution in [1.29, 1.82) is 0 Å². The van der Waals surface area contributed by atoms with Crippen LogP contribution in [0.1, 0.15) is 50.8 Å². The van der Waals surface area contributed by atoms with Gasteiger partial charge in [0, 0.05) is 23.5 Å². The van der Waals surface area contributed by atoms with Gasteiger partial charge >= 0.3 is 0 Å². The van der Waals surface area contributed by atoms with Crippen LogP contribution in [0.15, 0.2) is 54.9 Å². The maximum absolute atomic E-state index is 4.59. The predicted octanol–water partition coefficient (Wildman–Crippen LogP) is 6.26. The first-order valence-electron chi connectivity index (χ1n) is 10.2. The van der Waals surface area contributed by atoms with E-state index in [1.807, 2.05) is 18.5 Å². The lowest BCUT2D eigenvalue weighted by molar-refractivity contribution is 0.729. The molecule has 0 aliphatic carbocycles. The van der Waals surface area contributed by atoms with Gasteiger partial charge in [0.1, 0.15) is 0 Å². The number of fused-ring (bicyclic) bond motifs is 2. The second-order valence-electron chi connectivity index (χ2n) is 7.23. The summed E-state index contributed by atoms with van der Waals surface area (Å²) in [6.45, 7) is 4.52. The molecule has 2 heterocycles. The van der Waals surface area contributed by atoms with Gasteiger partial charge in [0.2, 0.25) is 5.95 Å². The summed E-state index contributed by atoms with van der Waals surface area (Å²) >= 11 is 0. The van der Waals surface area contributed by atoms with Gasteiger partial charge in [-0.25, -0.2) is 9.97 Å². The standard InChI is InChI=1S/C24H27N3/c1-3-5-12-20-21-16-18-10-7-8-11-19(18)17-23(21)27(22(20)13-6-4-2)24-25-14-9-15-26-24/h7-11,14-17H,3-6,12-13H2,1-2H3. The van der Waals surface area contributed by atoms with E-state index in [2.05, 4.69) is 64.8 Å². The third-order valence-corrected chi connectivity index (χ3v) is 5.35. The van der Waals surface area contributed by atoms with Crippen molar-refractivity contribution in [2.75, 3.05) is 0 Å². The van der Waals surface area contributed by atoms with E-state index in [-0.39, 0.29) is 0 Å². The normalized spacial score (nSPS) is 11.5. The molecule has 2 aromatic heterocycles. The Morgan fingerprint density at radius 2 is 1.48 bits per heavy atom. The van der Waals surface area contributed by atoms with Crippen LogP contribution in [0.25, 0.3) is 27.6 Å². The second kappa shape index (κ2) is 7.91. The third kappa shape index (κ3) is 3.34. The van der Waals surface area contributed by atoms with Crippen molar-refractivity contribution in [1.82, 2.24) is 14.5 Å². The maximum Gasteiger partial charge on any atom is 0.234 e. The van der Waals surface area contributed by atoms with Gasteiger partial charge in [-0.1, -0.05) is 51.0 Å². The Kier molecular flexibility index (Phi) is 5.19. The molecule has 0 aliphatic heterocycles. The van der Waals surface area contributed by atoms with Gasteiger partial charge in [-0.3, -0.25) is 4.57 Å². The van der Waals surface area contributed by atoms with Crippen molar-refractivity contribution in [3.05, 3.63) is 66.1 Å². The average molecular weight is 358 g/mol. The monoisotopic (exact) mass is 357 g/mol. The Labute approximate surface area is 161 Å². The van der Waals surface area contributed by atoms with Gasteiger partial charge in [-0.2, -0.15) is 0 Å². The molecule has 0 amide bonds. The summed E-state index contributed by atoms with van der Waals surface area (Å²) in [5.74, 6) is 0.784. The number of aromatic nitrogens is 3. The van der Waals surface area contributed by atoms with E-state index >= 15 is 0 Å². The van der Waals surface area contributed by atoms with E-state index in [0.29, 0.717) is 0 Å². The molecule has 4 aromatic rings. The molecule has 4 rings (SSSR count). The highest BCUT2D eigenvalue weighted by atomic mass is 15.2. The number of hydrogen-bond acceptors (Lipinski definition) is 2. The van der Waals surface area contributed by atoms with E-state index in [9.17, 15) is 0 Å². The first kappa shape index (κ1) is 17.7. The van der Waals surface area contributed by atoms with Crippen molar-refractivity contribution >= 4 is 21.7 Å². The summed E-state index contributed by atoms with van der Waals surface area (Å²) in [6.07, 6.45) is 10.6. The number of hydrogen-bond donors (Lipinski definition) is 0. The molecular formula is C24H27N3. The molecule has 3 heteroatoms. The van der Waals surface area contributed by atoms with Crippen LogP contribution in [-0.2, 0) is 12.8 Å². The summed E-state index contributed by atoms with van der Waals surface area (Å²) in [6, 6.07) is 15.2. The minimum atomic E-state index is 0.784. The van der Waals surface area contributed by atoms with E-state index in [4.69, 9.17) is 0 Å². The van der Waals surface area contributed by atoms with Crippen molar-refractivity contribution < 1.29 is 0 Å². The van der Waals surface area contributed by atoms with Crippen LogP contribution in [0.2, 0.25) is 0 Å². The van der Waals surface area contributed by atoms with Crippen LogP contribution >= 0.6 is 0 Å². The van der Waals surface area contributed by atoms with Crippen LogP contribution < -0.4 is 0 Å². The summed E-state index contributed by atoms with van der Waals surface area (Å²) in [5.41, 5.74) is 4.11. The van der Waals surface area contributed by atoms with Crippen molar-refractivity contribution in [2.24, 2.45) is 0 Å². The van der Waals surface area contributed by atoms with Gasteiger partial charge in [0.15, 0.2) is 0 Å². The SMILES string of the molecule is CCCCc1c(CCCC)n(-c2ncccn2)c2cc3ccccc3cc12. The van der Waals surface area contributed by atoms with Gasteiger partial charge in [-0.05, 0) is 60.2 Å². The number of rotatable bonds is 7. The molecule has 0 atom stereocenters. The number of benzene rings is 2. The number of nitrogens with zero attached hydrogens (tertiary/aromatic N) is 3. The lowest BCUT2D eigenvalue weighted by atomic mass is 10.00. The summed E-state index contributed by atoms with van der Waals surface area (Å²) in [7, 11) is 0. The van der Waals surface area contributed by atoms with Crippen molar-refractivity contribution in [3.63, 3.8) is 0 Å². The van der Waals surface area contributed by atoms with E-state index < -0.39 is 0 Å². The Morgan fingerprint density at radius 1 is 0.815 bits per heavy atom. The molecule has 0 spiro atoms. The van der Waals surface area contributed by atoms with Gasteiger partial charge in [0.25, 0.3) is 0 Å². The van der Waals surface area contributed by atoms with E-state index in [1.54, 1.807) is 0 Å². The fraction of sp³-hybridized carbons (Fsp3) is 0.333. The van der Waals surface area contributed by atoms with Crippen LogP contribution in [0, 0.1) is 0 Å². The fourth-order valence-electron chi connectivity index (χ4n) is 3.97. The summed E-state index contributed by atoms with van der Waals surface area (Å²) in [5, 5.41) is 3.93. The zero-order valence-corrected chi connectivity index (χ0v) is 16.3.